The Morgan fingerprint density at radius 1 is 1.47 bits per heavy atom. The van der Waals surface area contributed by atoms with E-state index in [1.165, 1.54) is 0 Å². The Kier molecular flexibility index (Phi) is 3.52. The van der Waals surface area contributed by atoms with Crippen molar-refractivity contribution in [2.45, 2.75) is 17.4 Å². The SMILES string of the molecule is N[C@H]1CCN(S(=O)(=O)c2cccc(F)c2[N+](=O)[O-])C1. The first-order chi connectivity index (χ1) is 8.84. The Labute approximate surface area is 109 Å². The van der Waals surface area contributed by atoms with Crippen LogP contribution in [-0.4, -0.2) is 36.8 Å². The number of benzene rings is 1. The molecule has 0 bridgehead atoms. The average Bonchev–Trinajstić information content (AvgIpc) is 2.75. The zero-order valence-electron chi connectivity index (χ0n) is 9.82. The van der Waals surface area contributed by atoms with Gasteiger partial charge in [-0.05, 0) is 18.6 Å². The minimum atomic E-state index is -4.10. The molecule has 1 aromatic carbocycles. The van der Waals surface area contributed by atoms with Crippen molar-refractivity contribution in [3.8, 4) is 0 Å². The van der Waals surface area contributed by atoms with E-state index in [1.807, 2.05) is 0 Å². The van der Waals surface area contributed by atoms with Crippen LogP contribution < -0.4 is 5.73 Å². The van der Waals surface area contributed by atoms with E-state index in [4.69, 9.17) is 5.73 Å². The lowest BCUT2D eigenvalue weighted by Gasteiger charge is -2.15. The minimum Gasteiger partial charge on any atom is -0.326 e. The van der Waals surface area contributed by atoms with Crippen LogP contribution in [-0.2, 0) is 10.0 Å². The Hall–Kier alpha value is -1.58. The summed E-state index contributed by atoms with van der Waals surface area (Å²) in [6.07, 6.45) is 0.475. The lowest BCUT2D eigenvalue weighted by atomic mass is 10.3. The van der Waals surface area contributed by atoms with Crippen LogP contribution >= 0.6 is 0 Å². The van der Waals surface area contributed by atoms with Crippen LogP contribution in [0, 0.1) is 15.9 Å². The first-order valence-corrected chi connectivity index (χ1v) is 6.96. The topological polar surface area (TPSA) is 107 Å². The van der Waals surface area contributed by atoms with Gasteiger partial charge >= 0.3 is 5.69 Å². The number of hydrogen-bond acceptors (Lipinski definition) is 5. The molecule has 0 aromatic heterocycles. The van der Waals surface area contributed by atoms with Crippen LogP contribution in [0.2, 0.25) is 0 Å². The van der Waals surface area contributed by atoms with Gasteiger partial charge in [0.2, 0.25) is 15.8 Å². The van der Waals surface area contributed by atoms with Gasteiger partial charge in [0.25, 0.3) is 0 Å². The largest absolute Gasteiger partial charge is 0.326 e. The van der Waals surface area contributed by atoms with Gasteiger partial charge in [0.05, 0.1) is 4.92 Å². The maximum Gasteiger partial charge on any atom is 0.324 e. The normalized spacial score (nSPS) is 20.6. The van der Waals surface area contributed by atoms with Crippen molar-refractivity contribution in [3.63, 3.8) is 0 Å². The fourth-order valence-electron chi connectivity index (χ4n) is 1.99. The second kappa shape index (κ2) is 4.83. The molecule has 2 N–H and O–H groups in total. The molecule has 1 aromatic rings. The highest BCUT2D eigenvalue weighted by Crippen LogP contribution is 2.30. The molecule has 7 nitrogen and oxygen atoms in total. The van der Waals surface area contributed by atoms with Crippen molar-refractivity contribution in [1.29, 1.82) is 0 Å². The third kappa shape index (κ3) is 2.44. The standard InChI is InChI=1S/C10H12FN3O4S/c11-8-2-1-3-9(10(8)14(15)16)19(17,18)13-5-4-7(12)6-13/h1-3,7H,4-6,12H2/t7-/m0/s1. The van der Waals surface area contributed by atoms with E-state index in [0.717, 1.165) is 22.5 Å². The predicted molar refractivity (Wildman–Crippen MR) is 64.4 cm³/mol. The minimum absolute atomic E-state index is 0.0794. The smallest absolute Gasteiger partial charge is 0.324 e. The first-order valence-electron chi connectivity index (χ1n) is 5.52. The summed E-state index contributed by atoms with van der Waals surface area (Å²) < 4.78 is 39.0. The van der Waals surface area contributed by atoms with Gasteiger partial charge < -0.3 is 5.73 Å². The van der Waals surface area contributed by atoms with Crippen molar-refractivity contribution in [1.82, 2.24) is 4.31 Å². The number of rotatable bonds is 3. The van der Waals surface area contributed by atoms with Crippen LogP contribution in [0.4, 0.5) is 10.1 Å². The summed E-state index contributed by atoms with van der Waals surface area (Å²) in [5.74, 6) is -1.17. The van der Waals surface area contributed by atoms with Crippen molar-refractivity contribution >= 4 is 15.7 Å². The molecule has 0 amide bonds. The van der Waals surface area contributed by atoms with Crippen molar-refractivity contribution in [2.24, 2.45) is 5.73 Å². The van der Waals surface area contributed by atoms with Gasteiger partial charge in [-0.15, -0.1) is 0 Å². The van der Waals surface area contributed by atoms with Gasteiger partial charge in [0, 0.05) is 19.1 Å². The van der Waals surface area contributed by atoms with Crippen LogP contribution in [0.5, 0.6) is 0 Å². The van der Waals surface area contributed by atoms with Gasteiger partial charge in [-0.1, -0.05) is 6.07 Å². The fraction of sp³-hybridized carbons (Fsp3) is 0.400. The Morgan fingerprint density at radius 3 is 2.68 bits per heavy atom. The number of hydrogen-bond donors (Lipinski definition) is 1. The van der Waals surface area contributed by atoms with Gasteiger partial charge in [-0.2, -0.15) is 8.70 Å². The molecule has 9 heteroatoms. The maximum absolute atomic E-state index is 13.4. The maximum atomic E-state index is 13.4. The summed E-state index contributed by atoms with van der Waals surface area (Å²) in [5.41, 5.74) is 4.59. The van der Waals surface area contributed by atoms with E-state index < -0.39 is 31.3 Å². The molecule has 1 atom stereocenters. The molecule has 1 fully saturated rings. The lowest BCUT2D eigenvalue weighted by Crippen LogP contribution is -2.32. The predicted octanol–water partition coefficient (Wildman–Crippen LogP) is 0.456. The molecule has 104 valence electrons. The number of nitro groups is 1. The van der Waals surface area contributed by atoms with Crippen molar-refractivity contribution in [2.75, 3.05) is 13.1 Å². The summed E-state index contributed by atoms with van der Waals surface area (Å²) in [7, 11) is -4.10. The molecule has 1 heterocycles. The van der Waals surface area contributed by atoms with Gasteiger partial charge in [0.15, 0.2) is 4.90 Å². The van der Waals surface area contributed by atoms with Crippen molar-refractivity contribution in [3.05, 3.63) is 34.1 Å². The number of nitrogens with zero attached hydrogens (tertiary/aromatic N) is 2. The third-order valence-corrected chi connectivity index (χ3v) is 4.83. The van der Waals surface area contributed by atoms with E-state index in [-0.39, 0.29) is 19.1 Å². The fourth-order valence-corrected chi connectivity index (χ4v) is 3.67. The van der Waals surface area contributed by atoms with E-state index in [2.05, 4.69) is 0 Å². The van der Waals surface area contributed by atoms with Crippen LogP contribution in [0.3, 0.4) is 0 Å². The highest BCUT2D eigenvalue weighted by Gasteiger charge is 2.36. The highest BCUT2D eigenvalue weighted by molar-refractivity contribution is 7.89. The molecule has 1 aliphatic heterocycles. The summed E-state index contributed by atoms with van der Waals surface area (Å²) in [6.45, 7) is 0.257. The molecular formula is C10H12FN3O4S. The van der Waals surface area contributed by atoms with Gasteiger partial charge in [-0.25, -0.2) is 8.42 Å². The molecule has 0 unspecified atom stereocenters. The summed E-state index contributed by atoms with van der Waals surface area (Å²) >= 11 is 0. The first kappa shape index (κ1) is 13.8. The van der Waals surface area contributed by atoms with E-state index in [9.17, 15) is 22.9 Å². The second-order valence-electron chi connectivity index (χ2n) is 4.26. The summed E-state index contributed by atoms with van der Waals surface area (Å²) in [4.78, 5) is 9.16. The number of nitro benzene ring substituents is 1. The molecule has 2 rings (SSSR count). The summed E-state index contributed by atoms with van der Waals surface area (Å²) in [6, 6.07) is 2.71. The Balaban J connectivity index is 2.52. The molecule has 0 aliphatic carbocycles. The Bertz CT molecular complexity index is 619. The quantitative estimate of drug-likeness (QED) is 0.642. The molecule has 0 radical (unpaired) electrons. The molecule has 19 heavy (non-hydrogen) atoms. The number of nitrogens with two attached hydrogens (primary N) is 1. The van der Waals surface area contributed by atoms with Gasteiger partial charge in [-0.3, -0.25) is 10.1 Å². The molecule has 0 saturated carbocycles. The average molecular weight is 289 g/mol. The summed E-state index contributed by atoms with van der Waals surface area (Å²) in [5, 5.41) is 10.8. The molecule has 1 aliphatic rings. The molecule has 0 spiro atoms. The van der Waals surface area contributed by atoms with E-state index >= 15 is 0 Å². The number of sulfonamides is 1. The van der Waals surface area contributed by atoms with Crippen LogP contribution in [0.1, 0.15) is 6.42 Å². The van der Waals surface area contributed by atoms with E-state index in [1.54, 1.807) is 0 Å². The van der Waals surface area contributed by atoms with Crippen molar-refractivity contribution < 1.29 is 17.7 Å². The number of para-hydroxylation sites is 1. The zero-order chi connectivity index (χ0) is 14.2. The zero-order valence-corrected chi connectivity index (χ0v) is 10.6. The Morgan fingerprint density at radius 2 is 2.16 bits per heavy atom. The molecule has 1 saturated heterocycles. The highest BCUT2D eigenvalue weighted by atomic mass is 32.2. The third-order valence-electron chi connectivity index (χ3n) is 2.94. The monoisotopic (exact) mass is 289 g/mol. The van der Waals surface area contributed by atoms with E-state index in [0.29, 0.717) is 6.42 Å². The number of halogens is 1. The van der Waals surface area contributed by atoms with Gasteiger partial charge in [0.1, 0.15) is 0 Å². The lowest BCUT2D eigenvalue weighted by molar-refractivity contribution is -0.390. The van der Waals surface area contributed by atoms with Crippen LogP contribution in [0.15, 0.2) is 23.1 Å². The van der Waals surface area contributed by atoms with Crippen LogP contribution in [0.25, 0.3) is 0 Å². The molecular weight excluding hydrogens is 277 g/mol. The second-order valence-corrected chi connectivity index (χ2v) is 6.16.